The van der Waals surface area contributed by atoms with Crippen molar-refractivity contribution in [3.63, 3.8) is 0 Å². The van der Waals surface area contributed by atoms with Gasteiger partial charge in [0.2, 0.25) is 5.95 Å². The lowest BCUT2D eigenvalue weighted by Crippen LogP contribution is -2.14. The summed E-state index contributed by atoms with van der Waals surface area (Å²) in [7, 11) is 1.89. The summed E-state index contributed by atoms with van der Waals surface area (Å²) in [6.07, 6.45) is 0. The summed E-state index contributed by atoms with van der Waals surface area (Å²) in [5.74, 6) is 1.60. The first-order valence-electron chi connectivity index (χ1n) is 6.26. The Morgan fingerprint density at radius 1 is 1.30 bits per heavy atom. The van der Waals surface area contributed by atoms with Crippen molar-refractivity contribution in [2.24, 2.45) is 0 Å². The van der Waals surface area contributed by atoms with E-state index in [2.05, 4.69) is 21.4 Å². The number of nitrogens with one attached hydrogen (secondary N) is 1. The number of nitriles is 1. The van der Waals surface area contributed by atoms with Gasteiger partial charge in [0, 0.05) is 25.3 Å². The van der Waals surface area contributed by atoms with Crippen LogP contribution in [0, 0.1) is 11.3 Å². The van der Waals surface area contributed by atoms with Gasteiger partial charge in [-0.2, -0.15) is 15.2 Å². The van der Waals surface area contributed by atoms with Crippen molar-refractivity contribution in [3.8, 4) is 6.07 Å². The SMILES string of the molecule is CCNc1cc(N(C)c2ccc(C#N)cc2)nc(N)n1. The summed E-state index contributed by atoms with van der Waals surface area (Å²) in [6.45, 7) is 2.75. The van der Waals surface area contributed by atoms with E-state index < -0.39 is 0 Å². The minimum Gasteiger partial charge on any atom is -0.370 e. The molecule has 0 amide bonds. The van der Waals surface area contributed by atoms with Crippen molar-refractivity contribution in [1.29, 1.82) is 5.26 Å². The third-order valence-electron chi connectivity index (χ3n) is 2.82. The molecule has 0 radical (unpaired) electrons. The Labute approximate surface area is 117 Å². The third kappa shape index (κ3) is 2.95. The molecule has 6 heteroatoms. The number of hydrogen-bond donors (Lipinski definition) is 2. The molecule has 0 atom stereocenters. The fraction of sp³-hybridized carbons (Fsp3) is 0.214. The minimum atomic E-state index is 0.221. The Balaban J connectivity index is 2.31. The fourth-order valence-corrected chi connectivity index (χ4v) is 1.79. The topological polar surface area (TPSA) is 90.9 Å². The number of nitrogens with zero attached hydrogens (tertiary/aromatic N) is 4. The Kier molecular flexibility index (Phi) is 4.01. The summed E-state index contributed by atoms with van der Waals surface area (Å²) in [5.41, 5.74) is 7.26. The van der Waals surface area contributed by atoms with Crippen molar-refractivity contribution in [3.05, 3.63) is 35.9 Å². The molecule has 0 saturated heterocycles. The molecular weight excluding hydrogens is 252 g/mol. The number of aromatic nitrogens is 2. The van der Waals surface area contributed by atoms with E-state index in [4.69, 9.17) is 11.0 Å². The Morgan fingerprint density at radius 2 is 2.00 bits per heavy atom. The first-order chi connectivity index (χ1) is 9.63. The van der Waals surface area contributed by atoms with E-state index in [1.807, 2.05) is 37.1 Å². The Bertz CT molecular complexity index is 629. The zero-order chi connectivity index (χ0) is 14.5. The molecule has 1 heterocycles. The summed E-state index contributed by atoms with van der Waals surface area (Å²) >= 11 is 0. The number of hydrogen-bond acceptors (Lipinski definition) is 6. The second-order valence-electron chi connectivity index (χ2n) is 4.22. The van der Waals surface area contributed by atoms with E-state index in [0.29, 0.717) is 17.2 Å². The highest BCUT2D eigenvalue weighted by Crippen LogP contribution is 2.24. The van der Waals surface area contributed by atoms with Crippen LogP contribution in [0.25, 0.3) is 0 Å². The van der Waals surface area contributed by atoms with E-state index >= 15 is 0 Å². The minimum absolute atomic E-state index is 0.221. The van der Waals surface area contributed by atoms with E-state index in [9.17, 15) is 0 Å². The van der Waals surface area contributed by atoms with Gasteiger partial charge in [-0.3, -0.25) is 0 Å². The highest BCUT2D eigenvalue weighted by atomic mass is 15.2. The van der Waals surface area contributed by atoms with Gasteiger partial charge < -0.3 is 16.0 Å². The van der Waals surface area contributed by atoms with Gasteiger partial charge in [0.05, 0.1) is 11.6 Å². The molecule has 3 N–H and O–H groups in total. The zero-order valence-corrected chi connectivity index (χ0v) is 11.5. The predicted molar refractivity (Wildman–Crippen MR) is 79.8 cm³/mol. The lowest BCUT2D eigenvalue weighted by molar-refractivity contribution is 1.07. The quantitative estimate of drug-likeness (QED) is 0.882. The van der Waals surface area contributed by atoms with Crippen molar-refractivity contribution in [2.75, 3.05) is 29.5 Å². The number of benzene rings is 1. The third-order valence-corrected chi connectivity index (χ3v) is 2.82. The molecule has 1 aromatic carbocycles. The van der Waals surface area contributed by atoms with Crippen LogP contribution in [-0.2, 0) is 0 Å². The van der Waals surface area contributed by atoms with Crippen molar-refractivity contribution in [1.82, 2.24) is 9.97 Å². The molecule has 102 valence electrons. The summed E-state index contributed by atoms with van der Waals surface area (Å²) < 4.78 is 0. The predicted octanol–water partition coefficient (Wildman–Crippen LogP) is 2.13. The molecule has 2 aromatic rings. The summed E-state index contributed by atoms with van der Waals surface area (Å²) in [6, 6.07) is 11.2. The fourth-order valence-electron chi connectivity index (χ4n) is 1.79. The second kappa shape index (κ2) is 5.89. The van der Waals surface area contributed by atoms with Gasteiger partial charge in [-0.05, 0) is 31.2 Å². The van der Waals surface area contributed by atoms with Gasteiger partial charge in [-0.15, -0.1) is 0 Å². The standard InChI is InChI=1S/C14H16N6/c1-3-17-12-8-13(19-14(16)18-12)20(2)11-6-4-10(9-15)5-7-11/h4-8H,3H2,1-2H3,(H3,16,17,18,19). The molecule has 1 aromatic heterocycles. The largest absolute Gasteiger partial charge is 0.370 e. The number of nitrogens with two attached hydrogens (primary N) is 1. The molecule has 0 aliphatic carbocycles. The molecule has 0 fully saturated rings. The average molecular weight is 268 g/mol. The maximum absolute atomic E-state index is 8.81. The number of rotatable bonds is 4. The Morgan fingerprint density at radius 3 is 2.60 bits per heavy atom. The molecule has 0 saturated carbocycles. The Hall–Kier alpha value is -2.81. The van der Waals surface area contributed by atoms with Crippen molar-refractivity contribution < 1.29 is 0 Å². The van der Waals surface area contributed by atoms with Crippen LogP contribution in [0.15, 0.2) is 30.3 Å². The van der Waals surface area contributed by atoms with Gasteiger partial charge >= 0.3 is 0 Å². The van der Waals surface area contributed by atoms with Crippen LogP contribution < -0.4 is 16.0 Å². The van der Waals surface area contributed by atoms with Crippen molar-refractivity contribution in [2.45, 2.75) is 6.92 Å². The normalized spacial score (nSPS) is 9.85. The van der Waals surface area contributed by atoms with Crippen LogP contribution in [0.5, 0.6) is 0 Å². The number of nitrogen functional groups attached to an aromatic ring is 1. The maximum atomic E-state index is 8.81. The maximum Gasteiger partial charge on any atom is 0.223 e. The van der Waals surface area contributed by atoms with Crippen LogP contribution in [0.1, 0.15) is 12.5 Å². The van der Waals surface area contributed by atoms with Crippen LogP contribution in [-0.4, -0.2) is 23.6 Å². The van der Waals surface area contributed by atoms with E-state index in [-0.39, 0.29) is 5.95 Å². The van der Waals surface area contributed by atoms with E-state index in [0.717, 1.165) is 12.2 Å². The molecule has 2 rings (SSSR count). The van der Waals surface area contributed by atoms with Crippen LogP contribution in [0.2, 0.25) is 0 Å². The highest BCUT2D eigenvalue weighted by molar-refractivity contribution is 5.63. The number of anilines is 4. The van der Waals surface area contributed by atoms with Gasteiger partial charge in [-0.25, -0.2) is 0 Å². The first-order valence-corrected chi connectivity index (χ1v) is 6.26. The molecule has 0 aliphatic rings. The first kappa shape index (κ1) is 13.6. The molecule has 0 bridgehead atoms. The van der Waals surface area contributed by atoms with Crippen LogP contribution >= 0.6 is 0 Å². The summed E-state index contributed by atoms with van der Waals surface area (Å²) in [4.78, 5) is 10.2. The molecule has 6 nitrogen and oxygen atoms in total. The van der Waals surface area contributed by atoms with Gasteiger partial charge in [0.15, 0.2) is 0 Å². The van der Waals surface area contributed by atoms with Crippen LogP contribution in [0.4, 0.5) is 23.3 Å². The van der Waals surface area contributed by atoms with Crippen LogP contribution in [0.3, 0.4) is 0 Å². The lowest BCUT2D eigenvalue weighted by atomic mass is 10.2. The molecular formula is C14H16N6. The van der Waals surface area contributed by atoms with Gasteiger partial charge in [-0.1, -0.05) is 0 Å². The lowest BCUT2D eigenvalue weighted by Gasteiger charge is -2.19. The monoisotopic (exact) mass is 268 g/mol. The highest BCUT2D eigenvalue weighted by Gasteiger charge is 2.08. The molecule has 0 aliphatic heterocycles. The van der Waals surface area contributed by atoms with E-state index in [1.165, 1.54) is 0 Å². The molecule has 0 unspecified atom stereocenters. The molecule has 0 spiro atoms. The average Bonchev–Trinajstić information content (AvgIpc) is 2.46. The summed E-state index contributed by atoms with van der Waals surface area (Å²) in [5, 5.41) is 11.9. The molecule has 20 heavy (non-hydrogen) atoms. The van der Waals surface area contributed by atoms with Gasteiger partial charge in [0.25, 0.3) is 0 Å². The van der Waals surface area contributed by atoms with E-state index in [1.54, 1.807) is 12.1 Å². The smallest absolute Gasteiger partial charge is 0.223 e. The van der Waals surface area contributed by atoms with Crippen molar-refractivity contribution >= 4 is 23.3 Å². The second-order valence-corrected chi connectivity index (χ2v) is 4.22. The zero-order valence-electron chi connectivity index (χ0n) is 11.5. The van der Waals surface area contributed by atoms with Gasteiger partial charge in [0.1, 0.15) is 11.6 Å².